The van der Waals surface area contributed by atoms with Gasteiger partial charge in [0, 0.05) is 53.7 Å². The van der Waals surface area contributed by atoms with Crippen molar-refractivity contribution in [2.75, 3.05) is 19.0 Å². The summed E-state index contributed by atoms with van der Waals surface area (Å²) in [5, 5.41) is 14.6. The minimum atomic E-state index is -0.215. The van der Waals surface area contributed by atoms with Gasteiger partial charge in [-0.25, -0.2) is 4.79 Å². The number of benzene rings is 1. The highest BCUT2D eigenvalue weighted by molar-refractivity contribution is 7.99. The molecular formula is C23H25N5O2S. The van der Waals surface area contributed by atoms with Gasteiger partial charge in [0.25, 0.3) is 0 Å². The highest BCUT2D eigenvalue weighted by Crippen LogP contribution is 2.41. The van der Waals surface area contributed by atoms with Gasteiger partial charge in [-0.3, -0.25) is 15.0 Å². The van der Waals surface area contributed by atoms with Gasteiger partial charge in [0.2, 0.25) is 0 Å². The zero-order valence-corrected chi connectivity index (χ0v) is 18.2. The van der Waals surface area contributed by atoms with Crippen LogP contribution in [0.4, 0.5) is 10.5 Å². The van der Waals surface area contributed by atoms with Crippen LogP contribution in [0.2, 0.25) is 0 Å². The molecule has 3 aromatic rings. The van der Waals surface area contributed by atoms with Crippen molar-refractivity contribution < 1.29 is 9.90 Å². The lowest BCUT2D eigenvalue weighted by atomic mass is 10.0. The second-order valence-electron chi connectivity index (χ2n) is 6.58. The molecule has 31 heavy (non-hydrogen) atoms. The molecule has 8 heteroatoms. The largest absolute Gasteiger partial charge is 0.396 e. The number of rotatable bonds is 9. The van der Waals surface area contributed by atoms with Crippen LogP contribution < -0.4 is 10.6 Å². The number of amides is 2. The third-order valence-corrected chi connectivity index (χ3v) is 5.50. The standard InChI is InChI=1S/C23H25N5O2S/c1-3-25-23(30)28-15-31-22-19(20-6-4-5-10-26-20)12-17(13-21(22)24-2)16-7-8-18(9-11-29)27-14-16/h4-8,10,12-14,29H,2-3,9,11,15H2,1H3,(H2,25,28,30). The monoisotopic (exact) mass is 435 g/mol. The van der Waals surface area contributed by atoms with Crippen LogP contribution >= 0.6 is 11.8 Å². The van der Waals surface area contributed by atoms with E-state index < -0.39 is 0 Å². The van der Waals surface area contributed by atoms with E-state index >= 15 is 0 Å². The van der Waals surface area contributed by atoms with Crippen LogP contribution in [0.5, 0.6) is 0 Å². The number of thioether (sulfide) groups is 1. The van der Waals surface area contributed by atoms with Crippen molar-refractivity contribution in [1.29, 1.82) is 0 Å². The van der Waals surface area contributed by atoms with Crippen LogP contribution in [0.25, 0.3) is 22.4 Å². The summed E-state index contributed by atoms with van der Waals surface area (Å²) in [5.41, 5.74) is 5.12. The highest BCUT2D eigenvalue weighted by Gasteiger charge is 2.15. The SMILES string of the molecule is C=Nc1cc(-c2ccc(CCO)nc2)cc(-c2ccccn2)c1SCNC(=O)NCC. The van der Waals surface area contributed by atoms with Gasteiger partial charge in [-0.1, -0.05) is 12.1 Å². The number of aliphatic hydroxyl groups excluding tert-OH is 1. The number of nitrogens with zero attached hydrogens (tertiary/aromatic N) is 3. The van der Waals surface area contributed by atoms with Crippen molar-refractivity contribution in [1.82, 2.24) is 20.6 Å². The molecule has 7 nitrogen and oxygen atoms in total. The number of aliphatic hydroxyl groups is 1. The van der Waals surface area contributed by atoms with E-state index in [4.69, 9.17) is 5.11 Å². The van der Waals surface area contributed by atoms with Gasteiger partial charge in [0.05, 0.1) is 17.3 Å². The lowest BCUT2D eigenvalue weighted by molar-refractivity contribution is 0.243. The van der Waals surface area contributed by atoms with Crippen molar-refractivity contribution in [2.45, 2.75) is 18.2 Å². The van der Waals surface area contributed by atoms with Gasteiger partial charge in [-0.15, -0.1) is 11.8 Å². The molecule has 2 aromatic heterocycles. The molecule has 0 aliphatic heterocycles. The molecule has 0 radical (unpaired) electrons. The minimum absolute atomic E-state index is 0.0664. The Labute approximate surface area is 186 Å². The summed E-state index contributed by atoms with van der Waals surface area (Å²) >= 11 is 1.47. The summed E-state index contributed by atoms with van der Waals surface area (Å²) in [7, 11) is 0. The van der Waals surface area contributed by atoms with Crippen molar-refractivity contribution in [2.24, 2.45) is 4.99 Å². The first-order valence-electron chi connectivity index (χ1n) is 9.93. The molecule has 0 atom stereocenters. The van der Waals surface area contributed by atoms with Crippen molar-refractivity contribution in [3.63, 3.8) is 0 Å². The van der Waals surface area contributed by atoms with Gasteiger partial charge in [0.15, 0.2) is 0 Å². The van der Waals surface area contributed by atoms with E-state index in [0.717, 1.165) is 33.0 Å². The van der Waals surface area contributed by atoms with Gasteiger partial charge in [0.1, 0.15) is 0 Å². The normalized spacial score (nSPS) is 10.5. The fourth-order valence-corrected chi connectivity index (χ4v) is 3.95. The second-order valence-corrected chi connectivity index (χ2v) is 7.57. The smallest absolute Gasteiger partial charge is 0.315 e. The number of aliphatic imine (C=N–C) groups is 1. The molecule has 3 N–H and O–H groups in total. The van der Waals surface area contributed by atoms with E-state index in [2.05, 4.69) is 32.3 Å². The van der Waals surface area contributed by atoms with Crippen LogP contribution in [0, 0.1) is 0 Å². The second kappa shape index (κ2) is 11.2. The first-order chi connectivity index (χ1) is 15.2. The Bertz CT molecular complexity index is 1030. The summed E-state index contributed by atoms with van der Waals surface area (Å²) in [6.07, 6.45) is 4.06. The molecule has 0 unspecified atom stereocenters. The summed E-state index contributed by atoms with van der Waals surface area (Å²) in [4.78, 5) is 25.8. The van der Waals surface area contributed by atoms with Gasteiger partial charge >= 0.3 is 6.03 Å². The number of hydrogen-bond donors (Lipinski definition) is 3. The first-order valence-corrected chi connectivity index (χ1v) is 10.9. The molecule has 0 saturated heterocycles. The Morgan fingerprint density at radius 1 is 1.16 bits per heavy atom. The minimum Gasteiger partial charge on any atom is -0.396 e. The zero-order valence-electron chi connectivity index (χ0n) is 17.3. The van der Waals surface area contributed by atoms with Crippen LogP contribution in [-0.4, -0.2) is 46.9 Å². The Morgan fingerprint density at radius 3 is 2.68 bits per heavy atom. The molecule has 0 fully saturated rings. The molecular weight excluding hydrogens is 410 g/mol. The lowest BCUT2D eigenvalue weighted by Crippen LogP contribution is -2.34. The molecule has 1 aromatic carbocycles. The van der Waals surface area contributed by atoms with E-state index in [0.29, 0.717) is 24.5 Å². The molecule has 0 aliphatic carbocycles. The highest BCUT2D eigenvalue weighted by atomic mass is 32.2. The van der Waals surface area contributed by atoms with Crippen LogP contribution in [0.1, 0.15) is 12.6 Å². The topological polar surface area (TPSA) is 99.5 Å². The van der Waals surface area contributed by atoms with E-state index in [9.17, 15) is 4.79 Å². The number of nitrogens with one attached hydrogen (secondary N) is 2. The van der Waals surface area contributed by atoms with Crippen molar-refractivity contribution in [3.05, 3.63) is 60.6 Å². The van der Waals surface area contributed by atoms with Gasteiger partial charge in [-0.2, -0.15) is 0 Å². The Kier molecular flexibility index (Phi) is 8.14. The quantitative estimate of drug-likeness (QED) is 0.268. The summed E-state index contributed by atoms with van der Waals surface area (Å²) < 4.78 is 0. The number of urea groups is 1. The van der Waals surface area contributed by atoms with Crippen LogP contribution in [0.15, 0.2) is 64.7 Å². The molecule has 3 rings (SSSR count). The lowest BCUT2D eigenvalue weighted by Gasteiger charge is -2.15. The van der Waals surface area contributed by atoms with Gasteiger partial charge in [-0.05, 0) is 49.5 Å². The molecule has 0 saturated carbocycles. The maximum atomic E-state index is 11.7. The van der Waals surface area contributed by atoms with Crippen molar-refractivity contribution >= 4 is 30.2 Å². The number of aromatic nitrogens is 2. The average Bonchev–Trinajstić information content (AvgIpc) is 2.80. The first kappa shape index (κ1) is 22.5. The molecule has 160 valence electrons. The summed E-state index contributed by atoms with van der Waals surface area (Å²) in [6.45, 7) is 6.25. The van der Waals surface area contributed by atoms with Crippen LogP contribution in [-0.2, 0) is 6.42 Å². The fourth-order valence-electron chi connectivity index (χ4n) is 3.02. The number of carbonyl (C=O) groups is 1. The number of carbonyl (C=O) groups excluding carboxylic acids is 1. The fraction of sp³-hybridized carbons (Fsp3) is 0.217. The van der Waals surface area contributed by atoms with E-state index in [1.54, 1.807) is 12.4 Å². The Hall–Kier alpha value is -3.23. The van der Waals surface area contributed by atoms with E-state index in [-0.39, 0.29) is 12.6 Å². The number of hydrogen-bond acceptors (Lipinski definition) is 6. The van der Waals surface area contributed by atoms with Crippen molar-refractivity contribution in [3.8, 4) is 22.4 Å². The average molecular weight is 436 g/mol. The van der Waals surface area contributed by atoms with E-state index in [1.807, 2.05) is 49.4 Å². The molecule has 0 aliphatic rings. The molecule has 0 bridgehead atoms. The number of pyridine rings is 2. The zero-order chi connectivity index (χ0) is 22.1. The molecule has 2 heterocycles. The Morgan fingerprint density at radius 2 is 2.03 bits per heavy atom. The maximum Gasteiger partial charge on any atom is 0.315 e. The Balaban J connectivity index is 1.99. The third-order valence-electron chi connectivity index (χ3n) is 4.49. The predicted octanol–water partition coefficient (Wildman–Crippen LogP) is 4.05. The van der Waals surface area contributed by atoms with E-state index in [1.165, 1.54) is 11.8 Å². The third kappa shape index (κ3) is 5.90. The molecule has 0 spiro atoms. The molecule has 2 amide bonds. The predicted molar refractivity (Wildman–Crippen MR) is 126 cm³/mol. The van der Waals surface area contributed by atoms with Gasteiger partial charge < -0.3 is 15.7 Å². The maximum absolute atomic E-state index is 11.7. The van der Waals surface area contributed by atoms with Crippen LogP contribution in [0.3, 0.4) is 0 Å². The summed E-state index contributed by atoms with van der Waals surface area (Å²) in [5.74, 6) is 0.380. The summed E-state index contributed by atoms with van der Waals surface area (Å²) in [6, 6.07) is 13.4.